The SMILES string of the molecule is Nc1ccc(-c2nnnn2-c2ccc(Cl)c(Cl)c2)cc1Cl. The normalized spacial score (nSPS) is 10.8. The van der Waals surface area contributed by atoms with Gasteiger partial charge in [0, 0.05) is 5.56 Å². The van der Waals surface area contributed by atoms with Gasteiger partial charge in [-0.1, -0.05) is 34.8 Å². The third-order valence-electron chi connectivity index (χ3n) is 2.88. The van der Waals surface area contributed by atoms with Crippen molar-refractivity contribution in [3.8, 4) is 17.1 Å². The minimum absolute atomic E-state index is 0.422. The van der Waals surface area contributed by atoms with Gasteiger partial charge >= 0.3 is 0 Å². The molecule has 0 saturated heterocycles. The number of rotatable bonds is 2. The molecule has 0 aliphatic rings. The smallest absolute Gasteiger partial charge is 0.187 e. The van der Waals surface area contributed by atoms with Crippen molar-refractivity contribution in [2.45, 2.75) is 0 Å². The highest BCUT2D eigenvalue weighted by atomic mass is 35.5. The molecule has 0 spiro atoms. The first kappa shape index (κ1) is 14.1. The number of anilines is 1. The lowest BCUT2D eigenvalue weighted by Crippen LogP contribution is -2.00. The lowest BCUT2D eigenvalue weighted by atomic mass is 10.2. The van der Waals surface area contributed by atoms with E-state index in [0.717, 1.165) is 5.56 Å². The van der Waals surface area contributed by atoms with Crippen molar-refractivity contribution in [3.63, 3.8) is 0 Å². The Morgan fingerprint density at radius 3 is 2.43 bits per heavy atom. The molecular formula is C13H8Cl3N5. The van der Waals surface area contributed by atoms with E-state index in [-0.39, 0.29) is 0 Å². The largest absolute Gasteiger partial charge is 0.398 e. The summed E-state index contributed by atoms with van der Waals surface area (Å²) in [5.41, 5.74) is 7.63. The maximum Gasteiger partial charge on any atom is 0.187 e. The molecule has 3 aromatic rings. The molecule has 0 atom stereocenters. The minimum Gasteiger partial charge on any atom is -0.398 e. The maximum absolute atomic E-state index is 6.03. The average molecular weight is 341 g/mol. The Kier molecular flexibility index (Phi) is 3.71. The molecule has 0 aliphatic carbocycles. The molecule has 0 unspecified atom stereocenters. The van der Waals surface area contributed by atoms with Crippen LogP contribution in [0.3, 0.4) is 0 Å². The van der Waals surface area contributed by atoms with Crippen LogP contribution in [0.5, 0.6) is 0 Å². The van der Waals surface area contributed by atoms with Crippen LogP contribution in [0.4, 0.5) is 5.69 Å². The Morgan fingerprint density at radius 1 is 0.905 bits per heavy atom. The second-order valence-electron chi connectivity index (χ2n) is 4.25. The van der Waals surface area contributed by atoms with Crippen LogP contribution in [-0.4, -0.2) is 20.2 Å². The Bertz CT molecular complexity index is 749. The van der Waals surface area contributed by atoms with Crippen molar-refractivity contribution in [2.75, 3.05) is 5.73 Å². The summed E-state index contributed by atoms with van der Waals surface area (Å²) in [6.07, 6.45) is 0. The van der Waals surface area contributed by atoms with Gasteiger partial charge in [0.2, 0.25) is 0 Å². The van der Waals surface area contributed by atoms with Crippen molar-refractivity contribution in [1.82, 2.24) is 20.2 Å². The molecule has 0 saturated carbocycles. The molecule has 106 valence electrons. The van der Waals surface area contributed by atoms with Gasteiger partial charge in [-0.25, -0.2) is 0 Å². The van der Waals surface area contributed by atoms with Crippen molar-refractivity contribution in [2.24, 2.45) is 0 Å². The van der Waals surface area contributed by atoms with Crippen LogP contribution >= 0.6 is 34.8 Å². The summed E-state index contributed by atoms with van der Waals surface area (Å²) in [6, 6.07) is 10.3. The summed E-state index contributed by atoms with van der Waals surface area (Å²) in [4.78, 5) is 0. The molecular weight excluding hydrogens is 333 g/mol. The fraction of sp³-hybridized carbons (Fsp3) is 0. The number of halogens is 3. The maximum atomic E-state index is 6.03. The first-order valence-corrected chi connectivity index (χ1v) is 6.99. The number of aromatic nitrogens is 4. The zero-order chi connectivity index (χ0) is 15.0. The molecule has 0 aliphatic heterocycles. The molecule has 0 fully saturated rings. The zero-order valence-corrected chi connectivity index (χ0v) is 12.7. The van der Waals surface area contributed by atoms with Gasteiger partial charge in [0.1, 0.15) is 0 Å². The Labute approximate surface area is 135 Å². The molecule has 1 aromatic heterocycles. The van der Waals surface area contributed by atoms with Gasteiger partial charge in [-0.2, -0.15) is 4.68 Å². The van der Waals surface area contributed by atoms with E-state index < -0.39 is 0 Å². The molecule has 8 heteroatoms. The fourth-order valence-electron chi connectivity index (χ4n) is 1.82. The number of benzene rings is 2. The summed E-state index contributed by atoms with van der Waals surface area (Å²) in [5, 5.41) is 13.0. The van der Waals surface area contributed by atoms with Crippen LogP contribution in [0.2, 0.25) is 15.1 Å². The first-order chi connectivity index (χ1) is 10.1. The van der Waals surface area contributed by atoms with Gasteiger partial charge in [-0.15, -0.1) is 5.10 Å². The lowest BCUT2D eigenvalue weighted by Gasteiger charge is -2.07. The Hall–Kier alpha value is -1.82. The minimum atomic E-state index is 0.422. The molecule has 5 nitrogen and oxygen atoms in total. The number of nitrogens with two attached hydrogens (primary N) is 1. The van der Waals surface area contributed by atoms with Gasteiger partial charge in [0.25, 0.3) is 0 Å². The number of nitrogens with zero attached hydrogens (tertiary/aromatic N) is 4. The molecule has 1 heterocycles. The predicted molar refractivity (Wildman–Crippen MR) is 84.0 cm³/mol. The highest BCUT2D eigenvalue weighted by molar-refractivity contribution is 6.42. The van der Waals surface area contributed by atoms with Gasteiger partial charge in [0.05, 0.1) is 26.4 Å². The zero-order valence-electron chi connectivity index (χ0n) is 10.5. The van der Waals surface area contributed by atoms with Gasteiger partial charge in [-0.05, 0) is 46.8 Å². The Morgan fingerprint density at radius 2 is 1.71 bits per heavy atom. The van der Waals surface area contributed by atoms with Crippen molar-refractivity contribution < 1.29 is 0 Å². The fourth-order valence-corrected chi connectivity index (χ4v) is 2.30. The van der Waals surface area contributed by atoms with E-state index in [1.54, 1.807) is 41.1 Å². The second kappa shape index (κ2) is 5.52. The number of tetrazole rings is 1. The third-order valence-corrected chi connectivity index (χ3v) is 3.94. The van der Waals surface area contributed by atoms with E-state index in [0.29, 0.717) is 32.3 Å². The van der Waals surface area contributed by atoms with Crippen molar-refractivity contribution in [1.29, 1.82) is 0 Å². The summed E-state index contributed by atoms with van der Waals surface area (Å²) in [6.45, 7) is 0. The first-order valence-electron chi connectivity index (χ1n) is 5.85. The second-order valence-corrected chi connectivity index (χ2v) is 5.47. The van der Waals surface area contributed by atoms with Gasteiger partial charge < -0.3 is 5.73 Å². The highest BCUT2D eigenvalue weighted by Gasteiger charge is 2.13. The van der Waals surface area contributed by atoms with Crippen LogP contribution in [0, 0.1) is 0 Å². The Balaban J connectivity index is 2.12. The highest BCUT2D eigenvalue weighted by Crippen LogP contribution is 2.28. The van der Waals surface area contributed by atoms with E-state index in [4.69, 9.17) is 40.5 Å². The van der Waals surface area contributed by atoms with Crippen molar-refractivity contribution in [3.05, 3.63) is 51.5 Å². The average Bonchev–Trinajstić information content (AvgIpc) is 2.94. The van der Waals surface area contributed by atoms with Crippen LogP contribution in [0.15, 0.2) is 36.4 Å². The van der Waals surface area contributed by atoms with Gasteiger partial charge in [-0.3, -0.25) is 0 Å². The van der Waals surface area contributed by atoms with Crippen LogP contribution < -0.4 is 5.73 Å². The number of hydrogen-bond donors (Lipinski definition) is 1. The molecule has 0 amide bonds. The molecule has 21 heavy (non-hydrogen) atoms. The molecule has 2 N–H and O–H groups in total. The monoisotopic (exact) mass is 339 g/mol. The van der Waals surface area contributed by atoms with Crippen LogP contribution in [0.1, 0.15) is 0 Å². The van der Waals surface area contributed by atoms with Crippen LogP contribution in [-0.2, 0) is 0 Å². The van der Waals surface area contributed by atoms with E-state index in [2.05, 4.69) is 15.5 Å². The summed E-state index contributed by atoms with van der Waals surface area (Å²) >= 11 is 18.0. The summed E-state index contributed by atoms with van der Waals surface area (Å²) in [5.74, 6) is 0.523. The van der Waals surface area contributed by atoms with E-state index in [1.165, 1.54) is 0 Å². The summed E-state index contributed by atoms with van der Waals surface area (Å²) < 4.78 is 1.55. The van der Waals surface area contributed by atoms with Crippen molar-refractivity contribution >= 4 is 40.5 Å². The molecule has 2 aromatic carbocycles. The standard InChI is InChI=1S/C13H8Cl3N5/c14-9-3-2-8(6-10(9)15)21-13(18-19-20-21)7-1-4-12(17)11(16)5-7/h1-6H,17H2. The molecule has 0 bridgehead atoms. The number of nitrogen functional groups attached to an aromatic ring is 1. The third kappa shape index (κ3) is 2.68. The van der Waals surface area contributed by atoms with Crippen LogP contribution in [0.25, 0.3) is 17.1 Å². The van der Waals surface area contributed by atoms with E-state index >= 15 is 0 Å². The summed E-state index contributed by atoms with van der Waals surface area (Å²) in [7, 11) is 0. The van der Waals surface area contributed by atoms with E-state index in [1.807, 2.05) is 0 Å². The topological polar surface area (TPSA) is 69.6 Å². The molecule has 0 radical (unpaired) electrons. The number of hydrogen-bond acceptors (Lipinski definition) is 4. The quantitative estimate of drug-likeness (QED) is 0.719. The van der Waals surface area contributed by atoms with Gasteiger partial charge in [0.15, 0.2) is 5.82 Å². The molecule has 3 rings (SSSR count). The van der Waals surface area contributed by atoms with E-state index in [9.17, 15) is 0 Å². The lowest BCUT2D eigenvalue weighted by molar-refractivity contribution is 0.791. The predicted octanol–water partition coefficient (Wildman–Crippen LogP) is 3.87.